The number of aryl methyl sites for hydroxylation is 2. The molecule has 6 N–H and O–H groups in total. The second-order valence-electron chi connectivity index (χ2n) is 9.77. The quantitative estimate of drug-likeness (QED) is 0.418. The molecule has 0 aliphatic heterocycles. The molecule has 3 aliphatic carbocycles. The number of hydrogen-bond donors (Lipinski definition) is 5. The Kier molecular flexibility index (Phi) is 4.93. The van der Waals surface area contributed by atoms with E-state index in [1.54, 1.807) is 6.07 Å². The van der Waals surface area contributed by atoms with Gasteiger partial charge in [0.05, 0.1) is 5.56 Å². The molecule has 3 aliphatic rings. The first-order chi connectivity index (χ1) is 16.4. The Morgan fingerprint density at radius 3 is 2.31 bits per heavy atom. The Hall–Kier alpha value is -3.91. The van der Waals surface area contributed by atoms with Gasteiger partial charge in [-0.3, -0.25) is 14.4 Å². The summed E-state index contributed by atoms with van der Waals surface area (Å²) in [7, 11) is 0. The molecule has 3 atom stereocenters. The molecule has 0 bridgehead atoms. The Morgan fingerprint density at radius 1 is 1.03 bits per heavy atom. The van der Waals surface area contributed by atoms with Crippen LogP contribution in [0.4, 0.5) is 0 Å². The molecule has 1 fully saturated rings. The number of Topliss-reactive ketones (excluding diaryl/α,β-unsaturated/α-hetero) is 2. The average molecular weight is 475 g/mol. The second-order valence-corrected chi connectivity index (χ2v) is 9.77. The van der Waals surface area contributed by atoms with Gasteiger partial charge in [-0.05, 0) is 55.4 Å². The number of phenolic OH excluding ortho intramolecular Hbond substituents is 1. The summed E-state index contributed by atoms with van der Waals surface area (Å²) in [5.41, 5.74) is 6.24. The van der Waals surface area contributed by atoms with Gasteiger partial charge in [0.2, 0.25) is 5.78 Å². The lowest BCUT2D eigenvalue weighted by Gasteiger charge is -2.46. The first-order valence-electron chi connectivity index (χ1n) is 11.4. The van der Waals surface area contributed by atoms with Crippen molar-refractivity contribution in [1.29, 1.82) is 0 Å². The smallest absolute Gasteiger partial charge is 0.255 e. The highest BCUT2D eigenvalue weighted by atomic mass is 16.3. The van der Waals surface area contributed by atoms with Gasteiger partial charge in [0.1, 0.15) is 22.8 Å². The fourth-order valence-corrected chi connectivity index (χ4v) is 6.02. The van der Waals surface area contributed by atoms with Crippen LogP contribution in [0.15, 0.2) is 47.2 Å². The number of phenols is 1. The van der Waals surface area contributed by atoms with Gasteiger partial charge in [-0.2, -0.15) is 0 Å². The van der Waals surface area contributed by atoms with Crippen LogP contribution in [0.2, 0.25) is 0 Å². The number of ketones is 2. The summed E-state index contributed by atoms with van der Waals surface area (Å²) >= 11 is 0. The number of nitrogens with two attached hydrogens (primary N) is 1. The minimum atomic E-state index is -2.56. The number of carbonyl (C=O) groups is 3. The van der Waals surface area contributed by atoms with Crippen molar-refractivity contribution in [1.82, 2.24) is 0 Å². The van der Waals surface area contributed by atoms with Crippen molar-refractivity contribution < 1.29 is 34.8 Å². The molecule has 180 valence electrons. The lowest BCUT2D eigenvalue weighted by Crippen LogP contribution is -2.58. The van der Waals surface area contributed by atoms with E-state index in [1.807, 2.05) is 32.0 Å². The molecule has 0 aromatic heterocycles. The van der Waals surface area contributed by atoms with Gasteiger partial charge < -0.3 is 26.2 Å². The van der Waals surface area contributed by atoms with Crippen LogP contribution in [0.1, 0.15) is 35.1 Å². The highest BCUT2D eigenvalue weighted by molar-refractivity contribution is 6.22. The number of fused-ring (bicyclic) bond motifs is 3. The predicted molar refractivity (Wildman–Crippen MR) is 126 cm³/mol. The van der Waals surface area contributed by atoms with Crippen LogP contribution in [-0.4, -0.2) is 43.5 Å². The lowest BCUT2D eigenvalue weighted by atomic mass is 9.59. The van der Waals surface area contributed by atoms with Crippen molar-refractivity contribution in [2.45, 2.75) is 38.7 Å². The van der Waals surface area contributed by atoms with Crippen LogP contribution < -0.4 is 5.73 Å². The fourth-order valence-electron chi connectivity index (χ4n) is 6.02. The third-order valence-electron chi connectivity index (χ3n) is 7.48. The van der Waals surface area contributed by atoms with E-state index < -0.39 is 52.0 Å². The zero-order valence-corrected chi connectivity index (χ0v) is 19.3. The summed E-state index contributed by atoms with van der Waals surface area (Å²) in [5.74, 6) is -6.32. The maximum atomic E-state index is 13.6. The molecule has 1 saturated carbocycles. The summed E-state index contributed by atoms with van der Waals surface area (Å²) in [4.78, 5) is 37.8. The normalized spacial score (nSPS) is 25.8. The molecule has 0 spiro atoms. The molecule has 0 radical (unpaired) electrons. The number of aliphatic hydroxyl groups is 3. The van der Waals surface area contributed by atoms with Crippen LogP contribution in [-0.2, 0) is 20.8 Å². The predicted octanol–water partition coefficient (Wildman–Crippen LogP) is 2.71. The van der Waals surface area contributed by atoms with Crippen LogP contribution in [0.5, 0.6) is 5.75 Å². The summed E-state index contributed by atoms with van der Waals surface area (Å²) in [6.45, 7) is 3.94. The van der Waals surface area contributed by atoms with Crippen molar-refractivity contribution in [2.75, 3.05) is 0 Å². The molecular weight excluding hydrogens is 450 g/mol. The summed E-state index contributed by atoms with van der Waals surface area (Å²) in [5, 5.41) is 43.8. The van der Waals surface area contributed by atoms with Crippen molar-refractivity contribution in [3.8, 4) is 16.9 Å². The summed E-state index contributed by atoms with van der Waals surface area (Å²) < 4.78 is 0. The molecule has 2 aromatic carbocycles. The first-order valence-corrected chi connectivity index (χ1v) is 11.4. The van der Waals surface area contributed by atoms with E-state index in [1.165, 1.54) is 6.07 Å². The first kappa shape index (κ1) is 22.9. The number of aliphatic hydroxyl groups excluding tert-OH is 2. The monoisotopic (exact) mass is 475 g/mol. The van der Waals surface area contributed by atoms with Gasteiger partial charge in [0.25, 0.3) is 5.91 Å². The number of amides is 1. The highest BCUT2D eigenvalue weighted by Gasteiger charge is 2.60. The van der Waals surface area contributed by atoms with Crippen LogP contribution >= 0.6 is 0 Å². The highest BCUT2D eigenvalue weighted by Crippen LogP contribution is 2.53. The largest absolute Gasteiger partial charge is 0.508 e. The Labute approximate surface area is 201 Å². The summed E-state index contributed by atoms with van der Waals surface area (Å²) in [6.07, 6.45) is 0.0297. The van der Waals surface area contributed by atoms with Crippen molar-refractivity contribution in [2.24, 2.45) is 17.6 Å². The average Bonchev–Trinajstić information content (AvgIpc) is 2.75. The second kappa shape index (κ2) is 7.55. The fraction of sp³-hybridized carbons (Fsp3) is 0.296. The van der Waals surface area contributed by atoms with Gasteiger partial charge in [0.15, 0.2) is 11.4 Å². The number of aromatic hydroxyl groups is 1. The molecule has 1 amide bonds. The van der Waals surface area contributed by atoms with Gasteiger partial charge in [0, 0.05) is 17.9 Å². The maximum absolute atomic E-state index is 13.6. The van der Waals surface area contributed by atoms with Crippen molar-refractivity contribution in [3.05, 3.63) is 69.5 Å². The number of hydrogen-bond acceptors (Lipinski definition) is 7. The Bertz CT molecular complexity index is 1400. The third-order valence-corrected chi connectivity index (χ3v) is 7.48. The van der Waals surface area contributed by atoms with E-state index in [9.17, 15) is 34.8 Å². The molecule has 2 aromatic rings. The van der Waals surface area contributed by atoms with E-state index >= 15 is 0 Å². The van der Waals surface area contributed by atoms with Crippen LogP contribution in [0, 0.1) is 25.7 Å². The maximum Gasteiger partial charge on any atom is 0.255 e. The molecule has 5 rings (SSSR count). The molecular formula is C27H25NO7. The van der Waals surface area contributed by atoms with Gasteiger partial charge >= 0.3 is 0 Å². The molecule has 8 heteroatoms. The zero-order valence-electron chi connectivity index (χ0n) is 19.3. The van der Waals surface area contributed by atoms with E-state index in [0.29, 0.717) is 5.56 Å². The van der Waals surface area contributed by atoms with Crippen LogP contribution in [0.3, 0.4) is 0 Å². The number of rotatable bonds is 2. The van der Waals surface area contributed by atoms with E-state index in [4.69, 9.17) is 5.73 Å². The number of carbonyl (C=O) groups excluding carboxylic acids is 3. The Balaban J connectivity index is 1.72. The minimum Gasteiger partial charge on any atom is -0.508 e. The molecule has 35 heavy (non-hydrogen) atoms. The van der Waals surface area contributed by atoms with E-state index in [0.717, 1.165) is 22.3 Å². The third kappa shape index (κ3) is 3.13. The summed E-state index contributed by atoms with van der Waals surface area (Å²) in [6, 6.07) is 9.23. The van der Waals surface area contributed by atoms with Gasteiger partial charge in [-0.15, -0.1) is 0 Å². The molecule has 8 nitrogen and oxygen atoms in total. The standard InChI is InChI=1S/C27H25NO7/c1-11-5-12(2)7-13(6-11)16-3-4-18(29)21-17(16)9-14-8-15-10-19(30)22(26(28)34)25(33)27(15,35)24(32)20(14)23(21)31/h3-7,14-15,29,31,33,35H,8-10H2,1-2H3,(H2,28,34). The SMILES string of the molecule is Cc1cc(C)cc(-c2ccc(O)c3c2CC2CC4CC(=O)C(C(N)=O)=C(O)C4(O)C(=O)C2=C3O)c1. The van der Waals surface area contributed by atoms with E-state index in [2.05, 4.69) is 0 Å². The number of primary amides is 1. The zero-order chi connectivity index (χ0) is 25.4. The minimum absolute atomic E-state index is 0.0915. The van der Waals surface area contributed by atoms with Gasteiger partial charge in [-0.1, -0.05) is 35.4 Å². The molecule has 0 saturated heterocycles. The topological polar surface area (TPSA) is 158 Å². The van der Waals surface area contributed by atoms with Gasteiger partial charge in [-0.25, -0.2) is 0 Å². The van der Waals surface area contributed by atoms with Crippen molar-refractivity contribution in [3.63, 3.8) is 0 Å². The van der Waals surface area contributed by atoms with E-state index in [-0.39, 0.29) is 36.1 Å². The van der Waals surface area contributed by atoms with Crippen LogP contribution in [0.25, 0.3) is 16.9 Å². The number of benzene rings is 2. The van der Waals surface area contributed by atoms with Crippen molar-refractivity contribution >= 4 is 23.2 Å². The lowest BCUT2D eigenvalue weighted by molar-refractivity contribution is -0.147. The molecule has 3 unspecified atom stereocenters. The molecule has 0 heterocycles. The Morgan fingerprint density at radius 2 is 1.69 bits per heavy atom.